The Morgan fingerprint density at radius 3 is 2.45 bits per heavy atom. The maximum Gasteiger partial charge on any atom is 0.352 e. The van der Waals surface area contributed by atoms with Gasteiger partial charge in [0.1, 0.15) is 5.69 Å². The number of aromatic carboxylic acids is 1. The summed E-state index contributed by atoms with van der Waals surface area (Å²) in [5.41, 5.74) is 2.47. The Bertz CT molecular complexity index is 654. The SMILES string of the molecule is CN1CCN(c2ccc3cc(C(=O)O)n(C)c3c2)CC1. The van der Waals surface area contributed by atoms with E-state index in [2.05, 4.69) is 29.0 Å². The second-order valence-electron chi connectivity index (χ2n) is 5.43. The predicted molar refractivity (Wildman–Crippen MR) is 79.6 cm³/mol. The highest BCUT2D eigenvalue weighted by molar-refractivity contribution is 5.95. The molecule has 1 saturated heterocycles. The number of hydrogen-bond acceptors (Lipinski definition) is 3. The van der Waals surface area contributed by atoms with E-state index in [1.54, 1.807) is 17.7 Å². The van der Waals surface area contributed by atoms with Crippen molar-refractivity contribution in [1.29, 1.82) is 0 Å². The number of anilines is 1. The number of carbonyl (C=O) groups is 1. The number of carboxylic acid groups (broad SMARTS) is 1. The summed E-state index contributed by atoms with van der Waals surface area (Å²) in [6.45, 7) is 4.15. The monoisotopic (exact) mass is 273 g/mol. The summed E-state index contributed by atoms with van der Waals surface area (Å²) in [6.07, 6.45) is 0. The topological polar surface area (TPSA) is 48.7 Å². The smallest absolute Gasteiger partial charge is 0.352 e. The average Bonchev–Trinajstić information content (AvgIpc) is 2.77. The number of aromatic nitrogens is 1. The van der Waals surface area contributed by atoms with Crippen LogP contribution < -0.4 is 4.90 Å². The predicted octanol–water partition coefficient (Wildman–Crippen LogP) is 1.63. The molecule has 0 bridgehead atoms. The fraction of sp³-hybridized carbons (Fsp3) is 0.400. The van der Waals surface area contributed by atoms with Crippen molar-refractivity contribution in [2.24, 2.45) is 7.05 Å². The second-order valence-corrected chi connectivity index (χ2v) is 5.43. The molecule has 0 aliphatic carbocycles. The molecule has 5 nitrogen and oxygen atoms in total. The van der Waals surface area contributed by atoms with Gasteiger partial charge in [0, 0.05) is 44.3 Å². The summed E-state index contributed by atoms with van der Waals surface area (Å²) in [5, 5.41) is 10.2. The lowest BCUT2D eigenvalue weighted by atomic mass is 10.2. The van der Waals surface area contributed by atoms with Gasteiger partial charge in [-0.25, -0.2) is 4.79 Å². The molecule has 2 heterocycles. The van der Waals surface area contributed by atoms with Crippen molar-refractivity contribution in [1.82, 2.24) is 9.47 Å². The number of likely N-dealkylation sites (N-methyl/N-ethyl adjacent to an activating group) is 1. The van der Waals surface area contributed by atoms with Crippen LogP contribution in [0.5, 0.6) is 0 Å². The van der Waals surface area contributed by atoms with Crippen molar-refractivity contribution in [3.63, 3.8) is 0 Å². The number of piperazine rings is 1. The highest BCUT2D eigenvalue weighted by Gasteiger charge is 2.16. The van der Waals surface area contributed by atoms with Crippen LogP contribution in [0.3, 0.4) is 0 Å². The zero-order valence-corrected chi connectivity index (χ0v) is 11.8. The quantitative estimate of drug-likeness (QED) is 0.903. The van der Waals surface area contributed by atoms with Crippen LogP contribution in [0.15, 0.2) is 24.3 Å². The van der Waals surface area contributed by atoms with E-state index in [0.717, 1.165) is 37.1 Å². The van der Waals surface area contributed by atoms with E-state index in [0.29, 0.717) is 5.69 Å². The summed E-state index contributed by atoms with van der Waals surface area (Å²) in [4.78, 5) is 15.9. The van der Waals surface area contributed by atoms with Crippen LogP contribution in [-0.4, -0.2) is 53.8 Å². The van der Waals surface area contributed by atoms with E-state index in [4.69, 9.17) is 0 Å². The van der Waals surface area contributed by atoms with Crippen molar-refractivity contribution in [2.75, 3.05) is 38.1 Å². The van der Waals surface area contributed by atoms with Gasteiger partial charge in [0.2, 0.25) is 0 Å². The van der Waals surface area contributed by atoms with Gasteiger partial charge in [-0.05, 0) is 25.2 Å². The van der Waals surface area contributed by atoms with Crippen LogP contribution in [0.25, 0.3) is 10.9 Å². The third-order valence-electron chi connectivity index (χ3n) is 4.12. The molecule has 0 saturated carbocycles. The van der Waals surface area contributed by atoms with Gasteiger partial charge >= 0.3 is 5.97 Å². The molecule has 3 rings (SSSR count). The summed E-state index contributed by atoms with van der Waals surface area (Å²) >= 11 is 0. The zero-order valence-electron chi connectivity index (χ0n) is 11.8. The molecular weight excluding hydrogens is 254 g/mol. The van der Waals surface area contributed by atoms with E-state index >= 15 is 0 Å². The van der Waals surface area contributed by atoms with Gasteiger partial charge in [-0.15, -0.1) is 0 Å². The second kappa shape index (κ2) is 4.83. The van der Waals surface area contributed by atoms with Crippen LogP contribution in [0.4, 0.5) is 5.69 Å². The Balaban J connectivity index is 1.98. The van der Waals surface area contributed by atoms with Gasteiger partial charge in [-0.3, -0.25) is 0 Å². The summed E-state index contributed by atoms with van der Waals surface area (Å²) in [6, 6.07) is 7.91. The lowest BCUT2D eigenvalue weighted by molar-refractivity contribution is 0.0687. The number of carboxylic acids is 1. The molecule has 1 aliphatic heterocycles. The number of aryl methyl sites for hydroxylation is 1. The van der Waals surface area contributed by atoms with Crippen molar-refractivity contribution in [3.8, 4) is 0 Å². The third kappa shape index (κ3) is 2.14. The molecule has 0 radical (unpaired) electrons. The van der Waals surface area contributed by atoms with E-state index in [-0.39, 0.29) is 0 Å². The standard InChI is InChI=1S/C15H19N3O2/c1-16-5-7-18(8-6-16)12-4-3-11-9-14(15(19)20)17(2)13(11)10-12/h3-4,9-10H,5-8H2,1-2H3,(H,19,20). The van der Waals surface area contributed by atoms with E-state index in [9.17, 15) is 9.90 Å². The minimum absolute atomic E-state index is 0.329. The van der Waals surface area contributed by atoms with Crippen LogP contribution in [-0.2, 0) is 7.05 Å². The molecule has 5 heteroatoms. The maximum atomic E-state index is 11.2. The average molecular weight is 273 g/mol. The van der Waals surface area contributed by atoms with Crippen molar-refractivity contribution in [3.05, 3.63) is 30.0 Å². The van der Waals surface area contributed by atoms with Gasteiger partial charge < -0.3 is 19.5 Å². The molecule has 106 valence electrons. The van der Waals surface area contributed by atoms with Crippen LogP contribution in [0.1, 0.15) is 10.5 Å². The normalized spacial score (nSPS) is 16.8. The molecule has 2 aromatic rings. The van der Waals surface area contributed by atoms with Crippen molar-refractivity contribution < 1.29 is 9.90 Å². The third-order valence-corrected chi connectivity index (χ3v) is 4.12. The lowest BCUT2D eigenvalue weighted by Gasteiger charge is -2.34. The fourth-order valence-corrected chi connectivity index (χ4v) is 2.79. The van der Waals surface area contributed by atoms with Crippen molar-refractivity contribution in [2.45, 2.75) is 0 Å². The number of fused-ring (bicyclic) bond motifs is 1. The molecule has 1 aromatic carbocycles. The summed E-state index contributed by atoms with van der Waals surface area (Å²) < 4.78 is 1.75. The summed E-state index contributed by atoms with van der Waals surface area (Å²) in [5.74, 6) is -0.884. The van der Waals surface area contributed by atoms with E-state index < -0.39 is 5.97 Å². The Kier molecular flexibility index (Phi) is 3.14. The molecule has 0 spiro atoms. The molecule has 1 aliphatic rings. The first kappa shape index (κ1) is 13.0. The van der Waals surface area contributed by atoms with Crippen LogP contribution in [0.2, 0.25) is 0 Å². The molecule has 20 heavy (non-hydrogen) atoms. The molecule has 1 N–H and O–H groups in total. The van der Waals surface area contributed by atoms with Gasteiger partial charge in [-0.2, -0.15) is 0 Å². The van der Waals surface area contributed by atoms with E-state index in [1.807, 2.05) is 6.07 Å². The lowest BCUT2D eigenvalue weighted by Crippen LogP contribution is -2.44. The van der Waals surface area contributed by atoms with Gasteiger partial charge in [-0.1, -0.05) is 6.07 Å². The first-order valence-electron chi connectivity index (χ1n) is 6.82. The number of hydrogen-bond donors (Lipinski definition) is 1. The van der Waals surface area contributed by atoms with Crippen molar-refractivity contribution >= 4 is 22.6 Å². The first-order valence-corrected chi connectivity index (χ1v) is 6.82. The Labute approximate surface area is 118 Å². The minimum Gasteiger partial charge on any atom is -0.477 e. The fourth-order valence-electron chi connectivity index (χ4n) is 2.79. The first-order chi connectivity index (χ1) is 9.56. The number of rotatable bonds is 2. The van der Waals surface area contributed by atoms with E-state index in [1.165, 1.54) is 5.69 Å². The highest BCUT2D eigenvalue weighted by atomic mass is 16.4. The van der Waals surface area contributed by atoms with Gasteiger partial charge in [0.05, 0.1) is 5.52 Å². The zero-order chi connectivity index (χ0) is 14.3. The van der Waals surface area contributed by atoms with Crippen LogP contribution in [0, 0.1) is 0 Å². The van der Waals surface area contributed by atoms with Gasteiger partial charge in [0.25, 0.3) is 0 Å². The summed E-state index contributed by atoms with van der Waals surface area (Å²) in [7, 11) is 3.94. The number of nitrogens with zero attached hydrogens (tertiary/aromatic N) is 3. The Morgan fingerprint density at radius 1 is 1.10 bits per heavy atom. The molecule has 0 unspecified atom stereocenters. The van der Waals surface area contributed by atoms with Crippen LogP contribution >= 0.6 is 0 Å². The Hall–Kier alpha value is -2.01. The molecule has 0 amide bonds. The maximum absolute atomic E-state index is 11.2. The van der Waals surface area contributed by atoms with Gasteiger partial charge in [0.15, 0.2) is 0 Å². The highest BCUT2D eigenvalue weighted by Crippen LogP contribution is 2.25. The molecule has 1 aromatic heterocycles. The molecule has 1 fully saturated rings. The Morgan fingerprint density at radius 2 is 1.80 bits per heavy atom. The largest absolute Gasteiger partial charge is 0.477 e. The number of benzene rings is 1. The molecular formula is C15H19N3O2. The minimum atomic E-state index is -0.884. The molecule has 0 atom stereocenters.